The quantitative estimate of drug-likeness (QED) is 0.543. The van der Waals surface area contributed by atoms with E-state index in [4.69, 9.17) is 0 Å². The molecule has 0 radical (unpaired) electrons. The van der Waals surface area contributed by atoms with Gasteiger partial charge in [-0.05, 0) is 24.6 Å². The number of para-hydroxylation sites is 1. The van der Waals surface area contributed by atoms with Gasteiger partial charge in [0.15, 0.2) is 0 Å². The number of rotatable bonds is 6. The molecule has 0 saturated heterocycles. The van der Waals surface area contributed by atoms with E-state index in [1.165, 1.54) is 11.6 Å². The monoisotopic (exact) mass is 333 g/mol. The summed E-state index contributed by atoms with van der Waals surface area (Å²) in [5, 5.41) is 14.6. The lowest BCUT2D eigenvalue weighted by molar-refractivity contribution is -0.385. The van der Waals surface area contributed by atoms with E-state index in [1.54, 1.807) is 18.3 Å². The van der Waals surface area contributed by atoms with Crippen LogP contribution in [0.2, 0.25) is 0 Å². The van der Waals surface area contributed by atoms with E-state index in [0.717, 1.165) is 11.3 Å². The van der Waals surface area contributed by atoms with Crippen LogP contribution in [0.5, 0.6) is 0 Å². The average Bonchev–Trinajstić information content (AvgIpc) is 2.64. The van der Waals surface area contributed by atoms with E-state index < -0.39 is 0 Å². The number of aryl methyl sites for hydroxylation is 1. The summed E-state index contributed by atoms with van der Waals surface area (Å²) in [5.74, 6) is 0. The molecule has 5 heteroatoms. The van der Waals surface area contributed by atoms with Crippen LogP contribution in [0.15, 0.2) is 72.9 Å². The van der Waals surface area contributed by atoms with Gasteiger partial charge >= 0.3 is 0 Å². The van der Waals surface area contributed by atoms with Crippen LogP contribution in [0.3, 0.4) is 0 Å². The van der Waals surface area contributed by atoms with E-state index in [9.17, 15) is 10.1 Å². The summed E-state index contributed by atoms with van der Waals surface area (Å²) >= 11 is 0. The first-order chi connectivity index (χ1) is 12.1. The first-order valence-electron chi connectivity index (χ1n) is 8.08. The van der Waals surface area contributed by atoms with Crippen molar-refractivity contribution in [2.75, 3.05) is 0 Å². The van der Waals surface area contributed by atoms with Crippen molar-refractivity contribution < 1.29 is 4.92 Å². The highest BCUT2D eigenvalue weighted by Gasteiger charge is 2.18. The van der Waals surface area contributed by atoms with Gasteiger partial charge in [-0.1, -0.05) is 54.1 Å². The van der Waals surface area contributed by atoms with Crippen molar-refractivity contribution in [3.05, 3.63) is 105 Å². The smallest absolute Gasteiger partial charge is 0.273 e. The van der Waals surface area contributed by atoms with Crippen molar-refractivity contribution in [2.45, 2.75) is 19.5 Å². The molecule has 0 aliphatic heterocycles. The second-order valence-electron chi connectivity index (χ2n) is 5.87. The molecule has 1 aromatic heterocycles. The van der Waals surface area contributed by atoms with Crippen LogP contribution in [0.25, 0.3) is 0 Å². The van der Waals surface area contributed by atoms with Crippen molar-refractivity contribution >= 4 is 5.69 Å². The lowest BCUT2D eigenvalue weighted by atomic mass is 10.0. The summed E-state index contributed by atoms with van der Waals surface area (Å²) in [6, 6.07) is 20.6. The standard InChI is InChI=1S/C20H19N3O2/c1-15-9-11-16(12-10-15)20(18-7-4-5-13-21-18)22-14-17-6-2-3-8-19(17)23(24)25/h2-13,20,22H,14H2,1H3/t20-/m1/s1. The molecule has 0 amide bonds. The Balaban J connectivity index is 1.89. The normalized spacial score (nSPS) is 11.9. The third-order valence-electron chi connectivity index (χ3n) is 4.08. The summed E-state index contributed by atoms with van der Waals surface area (Å²) in [7, 11) is 0. The van der Waals surface area contributed by atoms with Gasteiger partial charge in [0.1, 0.15) is 0 Å². The minimum absolute atomic E-state index is 0.124. The Kier molecular flexibility index (Phi) is 5.16. The minimum Gasteiger partial charge on any atom is -0.301 e. The van der Waals surface area contributed by atoms with Crippen LogP contribution >= 0.6 is 0 Å². The first-order valence-corrected chi connectivity index (χ1v) is 8.08. The number of pyridine rings is 1. The van der Waals surface area contributed by atoms with Crippen molar-refractivity contribution in [3.8, 4) is 0 Å². The lowest BCUT2D eigenvalue weighted by Crippen LogP contribution is -2.23. The number of hydrogen-bond acceptors (Lipinski definition) is 4. The Hall–Kier alpha value is -3.05. The summed E-state index contributed by atoms with van der Waals surface area (Å²) in [6.07, 6.45) is 1.75. The van der Waals surface area contributed by atoms with Gasteiger partial charge in [-0.3, -0.25) is 15.1 Å². The van der Waals surface area contributed by atoms with E-state index in [2.05, 4.69) is 34.6 Å². The second-order valence-corrected chi connectivity index (χ2v) is 5.87. The molecule has 25 heavy (non-hydrogen) atoms. The van der Waals surface area contributed by atoms with Crippen molar-refractivity contribution in [1.29, 1.82) is 0 Å². The van der Waals surface area contributed by atoms with E-state index >= 15 is 0 Å². The zero-order valence-electron chi connectivity index (χ0n) is 13.9. The fourth-order valence-electron chi connectivity index (χ4n) is 2.75. The molecule has 1 N–H and O–H groups in total. The van der Waals surface area contributed by atoms with Gasteiger partial charge in [-0.15, -0.1) is 0 Å². The molecule has 0 bridgehead atoms. The van der Waals surface area contributed by atoms with Crippen molar-refractivity contribution in [2.24, 2.45) is 0 Å². The molecule has 0 fully saturated rings. The third-order valence-corrected chi connectivity index (χ3v) is 4.08. The maximum atomic E-state index is 11.2. The minimum atomic E-state index is -0.349. The predicted octanol–water partition coefficient (Wildman–Crippen LogP) is 4.18. The van der Waals surface area contributed by atoms with Gasteiger partial charge in [0, 0.05) is 24.4 Å². The number of nitro benzene ring substituents is 1. The van der Waals surface area contributed by atoms with E-state index in [1.807, 2.05) is 31.2 Å². The molecule has 2 aromatic carbocycles. The van der Waals surface area contributed by atoms with Crippen LogP contribution in [0, 0.1) is 17.0 Å². The van der Waals surface area contributed by atoms with Gasteiger partial charge in [0.2, 0.25) is 0 Å². The Bertz CT molecular complexity index is 848. The fraction of sp³-hybridized carbons (Fsp3) is 0.150. The van der Waals surface area contributed by atoms with E-state index in [-0.39, 0.29) is 16.7 Å². The van der Waals surface area contributed by atoms with Crippen LogP contribution < -0.4 is 5.32 Å². The molecule has 0 spiro atoms. The SMILES string of the molecule is Cc1ccc([C@@H](NCc2ccccc2[N+](=O)[O-])c2ccccn2)cc1. The van der Waals surface area contributed by atoms with Crippen LogP contribution in [-0.4, -0.2) is 9.91 Å². The molecular weight excluding hydrogens is 314 g/mol. The predicted molar refractivity (Wildman–Crippen MR) is 97.2 cm³/mol. The largest absolute Gasteiger partial charge is 0.301 e. The molecule has 126 valence electrons. The zero-order valence-corrected chi connectivity index (χ0v) is 13.9. The number of aromatic nitrogens is 1. The number of benzene rings is 2. The summed E-state index contributed by atoms with van der Waals surface area (Å²) < 4.78 is 0. The zero-order chi connectivity index (χ0) is 17.6. The van der Waals surface area contributed by atoms with Crippen LogP contribution in [0.4, 0.5) is 5.69 Å². The van der Waals surface area contributed by atoms with E-state index in [0.29, 0.717) is 12.1 Å². The molecule has 1 atom stereocenters. The number of nitrogens with one attached hydrogen (secondary N) is 1. The van der Waals surface area contributed by atoms with Crippen molar-refractivity contribution in [1.82, 2.24) is 10.3 Å². The molecule has 0 unspecified atom stereocenters. The van der Waals surface area contributed by atoms with Crippen molar-refractivity contribution in [3.63, 3.8) is 0 Å². The fourth-order valence-corrected chi connectivity index (χ4v) is 2.75. The van der Waals surface area contributed by atoms with Gasteiger partial charge < -0.3 is 5.32 Å². The number of nitro groups is 1. The number of nitrogens with zero attached hydrogens (tertiary/aromatic N) is 2. The molecule has 5 nitrogen and oxygen atoms in total. The molecule has 3 rings (SSSR count). The Morgan fingerprint density at radius 3 is 2.44 bits per heavy atom. The summed E-state index contributed by atoms with van der Waals surface area (Å²) in [6.45, 7) is 2.42. The third kappa shape index (κ3) is 4.08. The maximum absolute atomic E-state index is 11.2. The van der Waals surface area contributed by atoms with Gasteiger partial charge in [-0.25, -0.2) is 0 Å². The number of hydrogen-bond donors (Lipinski definition) is 1. The molecule has 0 aliphatic carbocycles. The topological polar surface area (TPSA) is 68.1 Å². The van der Waals surface area contributed by atoms with Gasteiger partial charge in [-0.2, -0.15) is 0 Å². The van der Waals surface area contributed by atoms with Crippen LogP contribution in [0.1, 0.15) is 28.4 Å². The Labute approximate surface area is 146 Å². The molecule has 0 saturated carbocycles. The molecular formula is C20H19N3O2. The summed E-state index contributed by atoms with van der Waals surface area (Å²) in [4.78, 5) is 15.3. The maximum Gasteiger partial charge on any atom is 0.273 e. The molecule has 3 aromatic rings. The lowest BCUT2D eigenvalue weighted by Gasteiger charge is -2.19. The first kappa shape index (κ1) is 16.8. The average molecular weight is 333 g/mol. The highest BCUT2D eigenvalue weighted by atomic mass is 16.6. The highest BCUT2D eigenvalue weighted by molar-refractivity contribution is 5.40. The second kappa shape index (κ2) is 7.68. The van der Waals surface area contributed by atoms with Crippen LogP contribution in [-0.2, 0) is 6.54 Å². The molecule has 0 aliphatic rings. The molecule has 1 heterocycles. The van der Waals surface area contributed by atoms with Gasteiger partial charge in [0.25, 0.3) is 5.69 Å². The van der Waals surface area contributed by atoms with Gasteiger partial charge in [0.05, 0.1) is 16.7 Å². The Morgan fingerprint density at radius 2 is 1.76 bits per heavy atom. The highest BCUT2D eigenvalue weighted by Crippen LogP contribution is 2.23. The summed E-state index contributed by atoms with van der Waals surface area (Å²) in [5.41, 5.74) is 3.91. The Morgan fingerprint density at radius 1 is 1.04 bits per heavy atom.